The molecule has 5 unspecified atom stereocenters. The minimum Gasteiger partial charge on any atom is -0.351 e. The topological polar surface area (TPSA) is 44.7 Å². The molecule has 34 heavy (non-hydrogen) atoms. The Morgan fingerprint density at radius 2 is 2.09 bits per heavy atom. The lowest BCUT2D eigenvalue weighted by atomic mass is 9.45. The van der Waals surface area contributed by atoms with E-state index in [1.54, 1.807) is 16.3 Å². The van der Waals surface area contributed by atoms with E-state index in [0.29, 0.717) is 29.5 Å². The number of aryl methyl sites for hydroxylation is 1. The zero-order valence-corrected chi connectivity index (χ0v) is 21.7. The highest BCUT2D eigenvalue weighted by Gasteiger charge is 2.54. The van der Waals surface area contributed by atoms with Gasteiger partial charge in [0, 0.05) is 23.4 Å². The second-order valence-corrected chi connectivity index (χ2v) is 13.4. The molecule has 1 aromatic carbocycles. The number of hydrogen-bond acceptors (Lipinski definition) is 4. The molecule has 2 heterocycles. The third-order valence-electron chi connectivity index (χ3n) is 8.94. The van der Waals surface area contributed by atoms with Gasteiger partial charge in [0.2, 0.25) is 0 Å². The van der Waals surface area contributed by atoms with Gasteiger partial charge in [-0.2, -0.15) is 5.10 Å². The molecule has 4 nitrogen and oxygen atoms in total. The van der Waals surface area contributed by atoms with Gasteiger partial charge in [-0.1, -0.05) is 13.8 Å². The quantitative estimate of drug-likeness (QED) is 0.477. The first-order chi connectivity index (χ1) is 16.2. The van der Waals surface area contributed by atoms with Gasteiger partial charge in [-0.05, 0) is 95.0 Å². The fourth-order valence-corrected chi connectivity index (χ4v) is 8.73. The lowest BCUT2D eigenvalue weighted by Gasteiger charge is -2.60. The molecule has 5 atom stereocenters. The molecule has 0 radical (unpaired) electrons. The summed E-state index contributed by atoms with van der Waals surface area (Å²) in [6, 6.07) is 5.32. The number of nitrogens with zero attached hydrogens (tertiary/aromatic N) is 2. The van der Waals surface area contributed by atoms with Crippen LogP contribution in [0, 0.1) is 40.7 Å². The molecule has 1 amide bonds. The van der Waals surface area contributed by atoms with Crippen molar-refractivity contribution >= 4 is 44.6 Å². The zero-order chi connectivity index (χ0) is 23.8. The first-order valence-electron chi connectivity index (χ1n) is 12.1. The fourth-order valence-electron chi connectivity index (χ4n) is 6.96. The SMILES string of the molecule is CC1(C)C2CCC(CNC(=O)C3=NN(c4ccc(F)cc4F)C4c5cc(Br)sc5CCC34)C1C2. The van der Waals surface area contributed by atoms with Gasteiger partial charge in [0.25, 0.3) is 5.91 Å². The molecule has 3 saturated carbocycles. The Balaban J connectivity index is 1.28. The molecule has 4 aliphatic carbocycles. The summed E-state index contributed by atoms with van der Waals surface area (Å²) < 4.78 is 29.5. The number of benzene rings is 1. The summed E-state index contributed by atoms with van der Waals surface area (Å²) in [6.07, 6.45) is 5.31. The van der Waals surface area contributed by atoms with Gasteiger partial charge in [0.05, 0.1) is 15.5 Å². The molecule has 2 aromatic rings. The highest BCUT2D eigenvalue weighted by Crippen LogP contribution is 2.61. The highest BCUT2D eigenvalue weighted by atomic mass is 79.9. The largest absolute Gasteiger partial charge is 0.351 e. The van der Waals surface area contributed by atoms with Crippen LogP contribution in [0.2, 0.25) is 0 Å². The number of fused-ring (bicyclic) bond motifs is 5. The van der Waals surface area contributed by atoms with Crippen molar-refractivity contribution in [2.45, 2.75) is 52.0 Å². The molecular formula is C26H28BrF2N3OS. The number of hydrogen-bond donors (Lipinski definition) is 1. The molecule has 180 valence electrons. The number of hydrazone groups is 1. The van der Waals surface area contributed by atoms with Crippen molar-refractivity contribution in [3.63, 3.8) is 0 Å². The molecule has 0 saturated heterocycles. The van der Waals surface area contributed by atoms with Crippen LogP contribution < -0.4 is 10.3 Å². The third kappa shape index (κ3) is 3.47. The van der Waals surface area contributed by atoms with Crippen molar-refractivity contribution in [1.29, 1.82) is 0 Å². The number of amides is 1. The number of halogens is 3. The minimum absolute atomic E-state index is 0.130. The van der Waals surface area contributed by atoms with E-state index in [-0.39, 0.29) is 23.6 Å². The van der Waals surface area contributed by atoms with Crippen molar-refractivity contribution in [3.8, 4) is 0 Å². The van der Waals surface area contributed by atoms with Crippen LogP contribution in [0.4, 0.5) is 14.5 Å². The number of anilines is 1. The fraction of sp³-hybridized carbons (Fsp3) is 0.538. The Kier molecular flexibility index (Phi) is 5.41. The summed E-state index contributed by atoms with van der Waals surface area (Å²) in [7, 11) is 0. The van der Waals surface area contributed by atoms with Crippen LogP contribution >= 0.6 is 27.3 Å². The van der Waals surface area contributed by atoms with E-state index in [1.807, 2.05) is 0 Å². The van der Waals surface area contributed by atoms with Gasteiger partial charge in [-0.15, -0.1) is 11.3 Å². The molecule has 0 spiro atoms. The summed E-state index contributed by atoms with van der Waals surface area (Å²) in [6.45, 7) is 5.38. The maximum absolute atomic E-state index is 14.8. The molecular weight excluding hydrogens is 520 g/mol. The summed E-state index contributed by atoms with van der Waals surface area (Å²) in [5, 5.41) is 9.48. The van der Waals surface area contributed by atoms with Crippen molar-refractivity contribution < 1.29 is 13.6 Å². The lowest BCUT2D eigenvalue weighted by molar-refractivity contribution is -0.119. The van der Waals surface area contributed by atoms with Crippen LogP contribution in [-0.4, -0.2) is 18.2 Å². The molecule has 1 N–H and O–H groups in total. The summed E-state index contributed by atoms with van der Waals surface area (Å²) in [5.41, 5.74) is 2.09. The second kappa shape index (κ2) is 8.12. The van der Waals surface area contributed by atoms with E-state index >= 15 is 0 Å². The van der Waals surface area contributed by atoms with Crippen molar-refractivity contribution in [1.82, 2.24) is 5.32 Å². The lowest BCUT2D eigenvalue weighted by Crippen LogP contribution is -2.55. The number of rotatable bonds is 4. The smallest absolute Gasteiger partial charge is 0.267 e. The third-order valence-corrected chi connectivity index (χ3v) is 10.7. The first-order valence-corrected chi connectivity index (χ1v) is 13.7. The van der Waals surface area contributed by atoms with Crippen molar-refractivity contribution in [2.24, 2.45) is 34.2 Å². The van der Waals surface area contributed by atoms with Gasteiger partial charge in [0.1, 0.15) is 11.5 Å². The maximum Gasteiger partial charge on any atom is 0.267 e. The van der Waals surface area contributed by atoms with Gasteiger partial charge in [0.15, 0.2) is 5.82 Å². The van der Waals surface area contributed by atoms with Crippen molar-refractivity contribution in [3.05, 3.63) is 50.1 Å². The van der Waals surface area contributed by atoms with E-state index in [2.05, 4.69) is 46.3 Å². The van der Waals surface area contributed by atoms with E-state index < -0.39 is 11.6 Å². The number of carbonyl (C=O) groups excluding carboxylic acids is 1. The van der Waals surface area contributed by atoms with E-state index in [1.165, 1.54) is 29.9 Å². The molecule has 2 bridgehead atoms. The average Bonchev–Trinajstić information content (AvgIpc) is 3.37. The van der Waals surface area contributed by atoms with Crippen LogP contribution in [-0.2, 0) is 11.2 Å². The Hall–Kier alpha value is -1.80. The van der Waals surface area contributed by atoms with Crippen molar-refractivity contribution in [2.75, 3.05) is 11.6 Å². The van der Waals surface area contributed by atoms with Gasteiger partial charge in [-0.3, -0.25) is 9.80 Å². The Bertz CT molecular complexity index is 1190. The van der Waals surface area contributed by atoms with E-state index in [0.717, 1.165) is 40.6 Å². The van der Waals surface area contributed by atoms with Crippen LogP contribution in [0.5, 0.6) is 0 Å². The maximum atomic E-state index is 14.8. The predicted molar refractivity (Wildman–Crippen MR) is 134 cm³/mol. The van der Waals surface area contributed by atoms with Gasteiger partial charge < -0.3 is 5.32 Å². The number of thiophene rings is 1. The van der Waals surface area contributed by atoms with Crippen LogP contribution in [0.15, 0.2) is 33.2 Å². The van der Waals surface area contributed by atoms with E-state index in [9.17, 15) is 13.6 Å². The monoisotopic (exact) mass is 547 g/mol. The molecule has 7 rings (SSSR count). The Morgan fingerprint density at radius 1 is 1.26 bits per heavy atom. The average molecular weight is 548 g/mol. The Morgan fingerprint density at radius 3 is 2.82 bits per heavy atom. The molecule has 8 heteroatoms. The second-order valence-electron chi connectivity index (χ2n) is 10.9. The van der Waals surface area contributed by atoms with E-state index in [4.69, 9.17) is 0 Å². The first kappa shape index (κ1) is 22.7. The molecule has 1 aromatic heterocycles. The predicted octanol–water partition coefficient (Wildman–Crippen LogP) is 6.46. The highest BCUT2D eigenvalue weighted by molar-refractivity contribution is 9.11. The zero-order valence-electron chi connectivity index (χ0n) is 19.3. The normalized spacial score (nSPS) is 30.8. The number of nitrogens with one attached hydrogen (secondary N) is 1. The molecule has 3 fully saturated rings. The Labute approximate surface area is 210 Å². The summed E-state index contributed by atoms with van der Waals surface area (Å²) in [5.74, 6) is 0.397. The molecule has 1 aliphatic heterocycles. The standard InChI is InChI=1S/C26H28BrF2N3OS/c1-26(2)14-4-3-13(18(26)9-14)12-30-25(33)23-16-6-8-21-17(11-22(27)34-21)24(16)32(31-23)20-7-5-15(28)10-19(20)29/h5,7,10-11,13-14,16,18,24H,3-4,6,8-9,12H2,1-2H3,(H,30,33). The van der Waals surface area contributed by atoms with Crippen LogP contribution in [0.25, 0.3) is 0 Å². The number of carbonyl (C=O) groups is 1. The van der Waals surface area contributed by atoms with Crippen LogP contribution in [0.1, 0.15) is 56.0 Å². The summed E-state index contributed by atoms with van der Waals surface area (Å²) >= 11 is 5.25. The van der Waals surface area contributed by atoms with Crippen LogP contribution in [0.3, 0.4) is 0 Å². The minimum atomic E-state index is -0.672. The molecule has 5 aliphatic rings. The summed E-state index contributed by atoms with van der Waals surface area (Å²) in [4.78, 5) is 14.7. The van der Waals surface area contributed by atoms with Gasteiger partial charge in [-0.25, -0.2) is 8.78 Å². The van der Waals surface area contributed by atoms with Gasteiger partial charge >= 0.3 is 0 Å².